The van der Waals surface area contributed by atoms with E-state index in [4.69, 9.17) is 4.74 Å². The predicted octanol–water partition coefficient (Wildman–Crippen LogP) is 3.65. The summed E-state index contributed by atoms with van der Waals surface area (Å²) < 4.78 is 20.4. The molecule has 0 fully saturated rings. The molecule has 8 nitrogen and oxygen atoms in total. The van der Waals surface area contributed by atoms with E-state index in [1.807, 2.05) is 42.7 Å². The minimum atomic E-state index is -0.373. The number of aromatic nitrogens is 3. The number of fused-ring (bicyclic) bond motifs is 1. The van der Waals surface area contributed by atoms with Gasteiger partial charge in [0.05, 0.1) is 17.5 Å². The number of halogens is 1. The Morgan fingerprint density at radius 1 is 1.22 bits per heavy atom. The summed E-state index contributed by atoms with van der Waals surface area (Å²) in [6, 6.07) is 12.6. The van der Waals surface area contributed by atoms with Gasteiger partial charge in [0.15, 0.2) is 17.6 Å². The van der Waals surface area contributed by atoms with Crippen molar-refractivity contribution in [2.75, 3.05) is 22.6 Å². The van der Waals surface area contributed by atoms with Gasteiger partial charge in [0.25, 0.3) is 5.91 Å². The van der Waals surface area contributed by atoms with Crippen LogP contribution in [0.5, 0.6) is 5.75 Å². The maximum atomic E-state index is 13.0. The van der Waals surface area contributed by atoms with Crippen LogP contribution >= 0.6 is 11.8 Å². The van der Waals surface area contributed by atoms with Crippen LogP contribution in [0.2, 0.25) is 0 Å². The fourth-order valence-electron chi connectivity index (χ4n) is 3.54. The molecule has 0 aliphatic carbocycles. The summed E-state index contributed by atoms with van der Waals surface area (Å²) in [7, 11) is 0. The lowest BCUT2D eigenvalue weighted by atomic mass is 10.1. The first-order valence-electron chi connectivity index (χ1n) is 10.1. The van der Waals surface area contributed by atoms with E-state index in [-0.39, 0.29) is 36.0 Å². The van der Waals surface area contributed by atoms with E-state index in [9.17, 15) is 14.0 Å². The number of hydrogen-bond donors (Lipinski definition) is 1. The summed E-state index contributed by atoms with van der Waals surface area (Å²) in [5.41, 5.74) is 1.21. The fraction of sp³-hybridized carbons (Fsp3) is 0.273. The number of nitrogens with one attached hydrogen (secondary N) is 1. The highest BCUT2D eigenvalue weighted by Crippen LogP contribution is 2.37. The molecule has 166 valence electrons. The number of para-hydroxylation sites is 2. The number of ether oxygens (including phenoxy) is 1. The van der Waals surface area contributed by atoms with E-state index in [0.717, 1.165) is 0 Å². The van der Waals surface area contributed by atoms with E-state index in [0.29, 0.717) is 34.6 Å². The first-order valence-corrected chi connectivity index (χ1v) is 11.1. The molecule has 0 saturated heterocycles. The zero-order chi connectivity index (χ0) is 22.7. The van der Waals surface area contributed by atoms with Gasteiger partial charge in [-0.15, -0.1) is 10.2 Å². The van der Waals surface area contributed by atoms with Gasteiger partial charge >= 0.3 is 0 Å². The van der Waals surface area contributed by atoms with E-state index in [2.05, 4.69) is 15.5 Å². The summed E-state index contributed by atoms with van der Waals surface area (Å²) in [6.07, 6.45) is 0. The van der Waals surface area contributed by atoms with Gasteiger partial charge in [0.2, 0.25) is 5.91 Å². The molecule has 1 aliphatic heterocycles. The molecule has 2 amide bonds. The number of thioether (sulfide) groups is 1. The second kappa shape index (κ2) is 9.39. The van der Waals surface area contributed by atoms with Crippen LogP contribution in [-0.4, -0.2) is 38.9 Å². The van der Waals surface area contributed by atoms with Crippen molar-refractivity contribution >= 4 is 35.0 Å². The van der Waals surface area contributed by atoms with Crippen molar-refractivity contribution < 1.29 is 18.7 Å². The molecule has 1 aliphatic rings. The highest BCUT2D eigenvalue weighted by molar-refractivity contribution is 7.99. The number of hydrogen-bond acceptors (Lipinski definition) is 6. The number of amides is 2. The van der Waals surface area contributed by atoms with Crippen LogP contribution in [0.4, 0.5) is 15.8 Å². The lowest BCUT2D eigenvalue weighted by Gasteiger charge is -2.33. The van der Waals surface area contributed by atoms with Crippen molar-refractivity contribution in [1.29, 1.82) is 0 Å². The van der Waals surface area contributed by atoms with Crippen molar-refractivity contribution in [2.45, 2.75) is 31.6 Å². The molecule has 0 spiro atoms. The van der Waals surface area contributed by atoms with Crippen LogP contribution in [0.1, 0.15) is 25.7 Å². The Hall–Kier alpha value is -3.40. The number of anilines is 2. The Morgan fingerprint density at radius 2 is 1.97 bits per heavy atom. The summed E-state index contributed by atoms with van der Waals surface area (Å²) in [4.78, 5) is 26.6. The molecule has 4 rings (SSSR count). The Bertz CT molecular complexity index is 1130. The SMILES string of the molecule is CCn1c(SCC(=O)Nc2ccc(F)cc2)nnc1C(C)N1C(=O)COc2ccccc21. The largest absolute Gasteiger partial charge is 0.482 e. The average molecular weight is 456 g/mol. The molecule has 3 aromatic rings. The summed E-state index contributed by atoms with van der Waals surface area (Å²) in [5, 5.41) is 11.9. The molecule has 32 heavy (non-hydrogen) atoms. The number of rotatable bonds is 7. The molecule has 0 saturated carbocycles. The number of carbonyl (C=O) groups is 2. The third-order valence-corrected chi connectivity index (χ3v) is 5.99. The van der Waals surface area contributed by atoms with Crippen molar-refractivity contribution in [2.24, 2.45) is 0 Å². The van der Waals surface area contributed by atoms with Gasteiger partial charge in [-0.2, -0.15) is 0 Å². The average Bonchev–Trinajstić information content (AvgIpc) is 3.22. The molecule has 1 unspecified atom stereocenters. The summed E-state index contributed by atoms with van der Waals surface area (Å²) >= 11 is 1.25. The van der Waals surface area contributed by atoms with Gasteiger partial charge < -0.3 is 14.6 Å². The molecular weight excluding hydrogens is 433 g/mol. The molecule has 1 N–H and O–H groups in total. The molecule has 0 bridgehead atoms. The van der Waals surface area contributed by atoms with Crippen LogP contribution in [0.25, 0.3) is 0 Å². The predicted molar refractivity (Wildman–Crippen MR) is 119 cm³/mol. The van der Waals surface area contributed by atoms with Crippen molar-refractivity contribution in [3.63, 3.8) is 0 Å². The first-order chi connectivity index (χ1) is 15.5. The van der Waals surface area contributed by atoms with Crippen LogP contribution in [-0.2, 0) is 16.1 Å². The number of nitrogens with zero attached hydrogens (tertiary/aromatic N) is 4. The molecule has 2 aromatic carbocycles. The zero-order valence-corrected chi connectivity index (χ0v) is 18.4. The fourth-order valence-corrected chi connectivity index (χ4v) is 4.34. The van der Waals surface area contributed by atoms with Gasteiger partial charge in [-0.25, -0.2) is 4.39 Å². The summed E-state index contributed by atoms with van der Waals surface area (Å²) in [6.45, 7) is 4.39. The van der Waals surface area contributed by atoms with E-state index in [1.165, 1.54) is 36.0 Å². The van der Waals surface area contributed by atoms with Gasteiger partial charge in [-0.1, -0.05) is 23.9 Å². The second-order valence-corrected chi connectivity index (χ2v) is 8.07. The number of benzene rings is 2. The normalized spacial score (nSPS) is 14.0. The molecule has 0 radical (unpaired) electrons. The minimum Gasteiger partial charge on any atom is -0.482 e. The standard InChI is InChI=1S/C22H22FN5O3S/c1-3-27-21(14(2)28-17-6-4-5-7-18(17)31-12-20(28)30)25-26-22(27)32-13-19(29)24-16-10-8-15(23)9-11-16/h4-11,14H,3,12-13H2,1-2H3,(H,24,29). The topological polar surface area (TPSA) is 89.4 Å². The van der Waals surface area contributed by atoms with Crippen LogP contribution in [0.15, 0.2) is 53.7 Å². The van der Waals surface area contributed by atoms with Crippen LogP contribution < -0.4 is 15.0 Å². The Morgan fingerprint density at radius 3 is 2.72 bits per heavy atom. The Labute approximate surface area is 188 Å². The smallest absolute Gasteiger partial charge is 0.265 e. The monoisotopic (exact) mass is 455 g/mol. The van der Waals surface area contributed by atoms with Crippen molar-refractivity contribution in [1.82, 2.24) is 14.8 Å². The van der Waals surface area contributed by atoms with Crippen LogP contribution in [0.3, 0.4) is 0 Å². The van der Waals surface area contributed by atoms with Gasteiger partial charge in [-0.3, -0.25) is 14.5 Å². The highest BCUT2D eigenvalue weighted by Gasteiger charge is 2.33. The van der Waals surface area contributed by atoms with E-state index in [1.54, 1.807) is 4.90 Å². The molecular formula is C22H22FN5O3S. The van der Waals surface area contributed by atoms with Crippen molar-refractivity contribution in [3.8, 4) is 5.75 Å². The molecule has 10 heteroatoms. The lowest BCUT2D eigenvalue weighted by Crippen LogP contribution is -2.41. The maximum Gasteiger partial charge on any atom is 0.265 e. The maximum absolute atomic E-state index is 13.0. The Kier molecular flexibility index (Phi) is 6.40. The zero-order valence-electron chi connectivity index (χ0n) is 17.6. The molecule has 2 heterocycles. The van der Waals surface area contributed by atoms with E-state index >= 15 is 0 Å². The first kappa shape index (κ1) is 21.8. The van der Waals surface area contributed by atoms with Gasteiger partial charge in [-0.05, 0) is 50.2 Å². The van der Waals surface area contributed by atoms with E-state index < -0.39 is 0 Å². The number of carbonyl (C=O) groups excluding carboxylic acids is 2. The van der Waals surface area contributed by atoms with Crippen LogP contribution in [0, 0.1) is 5.82 Å². The van der Waals surface area contributed by atoms with Gasteiger partial charge in [0.1, 0.15) is 11.6 Å². The third-order valence-electron chi connectivity index (χ3n) is 5.03. The quantitative estimate of drug-likeness (QED) is 0.547. The van der Waals surface area contributed by atoms with Gasteiger partial charge in [0, 0.05) is 12.2 Å². The molecule has 1 aromatic heterocycles. The second-order valence-electron chi connectivity index (χ2n) is 7.12. The highest BCUT2D eigenvalue weighted by atomic mass is 32.2. The lowest BCUT2D eigenvalue weighted by molar-refractivity contribution is -0.121. The minimum absolute atomic E-state index is 0.0349. The Balaban J connectivity index is 1.49. The van der Waals surface area contributed by atoms with Crippen molar-refractivity contribution in [3.05, 3.63) is 60.2 Å². The third kappa shape index (κ3) is 4.45. The molecule has 1 atom stereocenters. The summed E-state index contributed by atoms with van der Waals surface area (Å²) in [5.74, 6) is 0.626.